The van der Waals surface area contributed by atoms with Crippen LogP contribution in [0.1, 0.15) is 21.6 Å². The zero-order chi connectivity index (χ0) is 16.3. The molecule has 0 aliphatic carbocycles. The number of nitrogens with zero attached hydrogens (tertiary/aromatic N) is 1. The molecule has 2 N–H and O–H groups in total. The molecule has 0 atom stereocenters. The summed E-state index contributed by atoms with van der Waals surface area (Å²) in [5.41, 5.74) is 3.23. The molecule has 0 unspecified atom stereocenters. The number of amides is 2. The van der Waals surface area contributed by atoms with Gasteiger partial charge in [0.15, 0.2) is 0 Å². The van der Waals surface area contributed by atoms with E-state index in [2.05, 4.69) is 10.3 Å². The lowest BCUT2D eigenvalue weighted by atomic mass is 10.1. The summed E-state index contributed by atoms with van der Waals surface area (Å²) in [6.07, 6.45) is 1.53. The van der Waals surface area contributed by atoms with E-state index in [4.69, 9.17) is 11.6 Å². The van der Waals surface area contributed by atoms with Gasteiger partial charge in [-0.2, -0.15) is 0 Å². The van der Waals surface area contributed by atoms with Gasteiger partial charge in [-0.25, -0.2) is 0 Å². The maximum atomic E-state index is 12.1. The molecule has 0 aliphatic rings. The number of benzene rings is 1. The number of rotatable bonds is 4. The predicted molar refractivity (Wildman–Crippen MR) is 87.3 cm³/mol. The van der Waals surface area contributed by atoms with Crippen LogP contribution in [0.15, 0.2) is 30.5 Å². The highest BCUT2D eigenvalue weighted by atomic mass is 35.5. The van der Waals surface area contributed by atoms with Crippen molar-refractivity contribution in [2.45, 2.75) is 13.8 Å². The minimum atomic E-state index is -0.289. The fourth-order valence-electron chi connectivity index (χ4n) is 2.06. The Hall–Kier alpha value is -2.27. The number of aromatic amines is 1. The number of aromatic nitrogens is 1. The third-order valence-corrected chi connectivity index (χ3v) is 3.70. The van der Waals surface area contributed by atoms with Crippen LogP contribution in [0.3, 0.4) is 0 Å². The zero-order valence-electron chi connectivity index (χ0n) is 12.7. The molecule has 1 aromatic heterocycles. The van der Waals surface area contributed by atoms with E-state index in [9.17, 15) is 9.59 Å². The molecule has 0 saturated carbocycles. The van der Waals surface area contributed by atoms with Gasteiger partial charge in [0.2, 0.25) is 5.91 Å². The van der Waals surface area contributed by atoms with Crippen LogP contribution in [0.4, 0.5) is 5.69 Å². The standard InChI is InChI=1S/C16H18ClN3O2/c1-10-5-4-6-13(11(10)2)19-15(21)9-20(3)16(22)14-7-12(17)8-18-14/h4-8,18H,9H2,1-3H3,(H,19,21). The average Bonchev–Trinajstić information content (AvgIpc) is 2.89. The van der Waals surface area contributed by atoms with Crippen molar-refractivity contribution in [3.63, 3.8) is 0 Å². The van der Waals surface area contributed by atoms with Crippen LogP contribution in [0.2, 0.25) is 5.02 Å². The first kappa shape index (κ1) is 16.1. The van der Waals surface area contributed by atoms with Crippen LogP contribution in [0, 0.1) is 13.8 Å². The van der Waals surface area contributed by atoms with Crippen LogP contribution in [-0.2, 0) is 4.79 Å². The molecule has 2 rings (SSSR count). The highest BCUT2D eigenvalue weighted by Gasteiger charge is 2.17. The van der Waals surface area contributed by atoms with Crippen molar-refractivity contribution in [2.24, 2.45) is 0 Å². The molecule has 116 valence electrons. The molecule has 6 heteroatoms. The Balaban J connectivity index is 1.99. The first-order valence-electron chi connectivity index (χ1n) is 6.84. The number of carbonyl (C=O) groups excluding carboxylic acids is 2. The first-order valence-corrected chi connectivity index (χ1v) is 7.21. The van der Waals surface area contributed by atoms with Gasteiger partial charge in [-0.05, 0) is 37.1 Å². The van der Waals surface area contributed by atoms with E-state index in [1.807, 2.05) is 32.0 Å². The number of H-pyrrole nitrogens is 1. The number of hydrogen-bond acceptors (Lipinski definition) is 2. The third kappa shape index (κ3) is 3.68. The Morgan fingerprint density at radius 2 is 2.05 bits per heavy atom. The van der Waals surface area contributed by atoms with Crippen molar-refractivity contribution in [3.05, 3.63) is 52.3 Å². The van der Waals surface area contributed by atoms with Gasteiger partial charge in [-0.3, -0.25) is 9.59 Å². The molecule has 1 aromatic carbocycles. The molecule has 5 nitrogen and oxygen atoms in total. The lowest BCUT2D eigenvalue weighted by molar-refractivity contribution is -0.116. The topological polar surface area (TPSA) is 65.2 Å². The summed E-state index contributed by atoms with van der Waals surface area (Å²) in [5.74, 6) is -0.537. The van der Waals surface area contributed by atoms with Crippen molar-refractivity contribution in [1.29, 1.82) is 0 Å². The van der Waals surface area contributed by atoms with Gasteiger partial charge in [0.05, 0.1) is 11.6 Å². The Kier molecular flexibility index (Phi) is 4.88. The molecule has 0 aliphatic heterocycles. The number of nitrogens with one attached hydrogen (secondary N) is 2. The van der Waals surface area contributed by atoms with E-state index in [1.165, 1.54) is 17.2 Å². The van der Waals surface area contributed by atoms with Crippen molar-refractivity contribution in [3.8, 4) is 0 Å². The molecule has 2 amide bonds. The summed E-state index contributed by atoms with van der Waals surface area (Å²) in [4.78, 5) is 28.3. The summed E-state index contributed by atoms with van der Waals surface area (Å²) in [6, 6.07) is 7.24. The largest absolute Gasteiger partial charge is 0.356 e. The van der Waals surface area contributed by atoms with Gasteiger partial charge < -0.3 is 15.2 Å². The van der Waals surface area contributed by atoms with Gasteiger partial charge in [0.25, 0.3) is 5.91 Å². The van der Waals surface area contributed by atoms with Crippen LogP contribution < -0.4 is 5.32 Å². The Morgan fingerprint density at radius 3 is 2.68 bits per heavy atom. The number of aryl methyl sites for hydroxylation is 1. The molecule has 0 spiro atoms. The smallest absolute Gasteiger partial charge is 0.270 e. The molecule has 2 aromatic rings. The van der Waals surface area contributed by atoms with Crippen molar-refractivity contribution in [2.75, 3.05) is 18.9 Å². The number of carbonyl (C=O) groups is 2. The SMILES string of the molecule is Cc1cccc(NC(=O)CN(C)C(=O)c2cc(Cl)c[nH]2)c1C. The first-order chi connectivity index (χ1) is 10.4. The number of likely N-dealkylation sites (N-methyl/N-ethyl adjacent to an activating group) is 1. The summed E-state index contributed by atoms with van der Waals surface area (Å²) in [5, 5.41) is 3.28. The monoisotopic (exact) mass is 319 g/mol. The average molecular weight is 320 g/mol. The molecule has 0 bridgehead atoms. The van der Waals surface area contributed by atoms with Gasteiger partial charge in [-0.1, -0.05) is 23.7 Å². The van der Waals surface area contributed by atoms with E-state index < -0.39 is 0 Å². The molecule has 22 heavy (non-hydrogen) atoms. The van der Waals surface area contributed by atoms with Crippen LogP contribution in [-0.4, -0.2) is 35.3 Å². The number of halogens is 1. The molecule has 0 saturated heterocycles. The second kappa shape index (κ2) is 6.66. The zero-order valence-corrected chi connectivity index (χ0v) is 13.5. The summed E-state index contributed by atoms with van der Waals surface area (Å²) < 4.78 is 0. The highest BCUT2D eigenvalue weighted by molar-refractivity contribution is 6.31. The maximum Gasteiger partial charge on any atom is 0.270 e. The highest BCUT2D eigenvalue weighted by Crippen LogP contribution is 2.18. The summed E-state index contributed by atoms with van der Waals surface area (Å²) >= 11 is 5.77. The van der Waals surface area contributed by atoms with E-state index in [0.29, 0.717) is 10.7 Å². The molecular formula is C16H18ClN3O2. The third-order valence-electron chi connectivity index (χ3n) is 3.48. The van der Waals surface area contributed by atoms with Crippen LogP contribution >= 0.6 is 11.6 Å². The van der Waals surface area contributed by atoms with Gasteiger partial charge >= 0.3 is 0 Å². The Morgan fingerprint density at radius 1 is 1.32 bits per heavy atom. The predicted octanol–water partition coefficient (Wildman–Crippen LogP) is 3.00. The van der Waals surface area contributed by atoms with E-state index in [0.717, 1.165) is 16.8 Å². The molecule has 0 fully saturated rings. The lowest BCUT2D eigenvalue weighted by Crippen LogP contribution is -2.35. The van der Waals surface area contributed by atoms with Crippen molar-refractivity contribution < 1.29 is 9.59 Å². The van der Waals surface area contributed by atoms with Gasteiger partial charge in [0, 0.05) is 18.9 Å². The Labute approximate surface area is 134 Å². The van der Waals surface area contributed by atoms with E-state index in [1.54, 1.807) is 7.05 Å². The van der Waals surface area contributed by atoms with Gasteiger partial charge in [-0.15, -0.1) is 0 Å². The number of hydrogen-bond donors (Lipinski definition) is 2. The molecule has 1 heterocycles. The Bertz CT molecular complexity index is 709. The second-order valence-corrected chi connectivity index (χ2v) is 5.62. The van der Waals surface area contributed by atoms with Crippen LogP contribution in [0.25, 0.3) is 0 Å². The van der Waals surface area contributed by atoms with Crippen molar-refractivity contribution >= 4 is 29.1 Å². The summed E-state index contributed by atoms with van der Waals surface area (Å²) in [7, 11) is 1.57. The molecular weight excluding hydrogens is 302 g/mol. The quantitative estimate of drug-likeness (QED) is 0.910. The minimum Gasteiger partial charge on any atom is -0.356 e. The fourth-order valence-corrected chi connectivity index (χ4v) is 2.22. The van der Waals surface area contributed by atoms with Crippen LogP contribution in [0.5, 0.6) is 0 Å². The maximum absolute atomic E-state index is 12.1. The second-order valence-electron chi connectivity index (χ2n) is 5.19. The van der Waals surface area contributed by atoms with Crippen molar-refractivity contribution in [1.82, 2.24) is 9.88 Å². The minimum absolute atomic E-state index is 0.0388. The molecule has 0 radical (unpaired) electrons. The van der Waals surface area contributed by atoms with E-state index in [-0.39, 0.29) is 18.4 Å². The fraction of sp³-hybridized carbons (Fsp3) is 0.250. The van der Waals surface area contributed by atoms with Gasteiger partial charge in [0.1, 0.15) is 5.69 Å². The normalized spacial score (nSPS) is 10.4. The lowest BCUT2D eigenvalue weighted by Gasteiger charge is -2.17. The number of anilines is 1. The summed E-state index contributed by atoms with van der Waals surface area (Å²) in [6.45, 7) is 3.89. The van der Waals surface area contributed by atoms with E-state index >= 15 is 0 Å².